The Labute approximate surface area is 205 Å². The van der Waals surface area contributed by atoms with Gasteiger partial charge in [-0.3, -0.25) is 4.99 Å². The third-order valence-corrected chi connectivity index (χ3v) is 5.19. The first-order valence-corrected chi connectivity index (χ1v) is 11.0. The molecule has 0 spiro atoms. The summed E-state index contributed by atoms with van der Waals surface area (Å²) in [6, 6.07) is 8.31. The van der Waals surface area contributed by atoms with Gasteiger partial charge < -0.3 is 29.3 Å². The topological polar surface area (TPSA) is 58.6 Å². The Morgan fingerprint density at radius 3 is 2.42 bits per heavy atom. The van der Waals surface area contributed by atoms with E-state index in [4.69, 9.17) is 14.2 Å². The lowest BCUT2D eigenvalue weighted by atomic mass is 10.1. The fraction of sp³-hybridized carbons (Fsp3) is 0.696. The smallest absolute Gasteiger partial charge is 0.193 e. The second-order valence-electron chi connectivity index (χ2n) is 7.95. The molecule has 0 atom stereocenters. The molecule has 1 saturated heterocycles. The van der Waals surface area contributed by atoms with E-state index >= 15 is 0 Å². The van der Waals surface area contributed by atoms with E-state index in [2.05, 4.69) is 46.3 Å². The van der Waals surface area contributed by atoms with Crippen LogP contribution in [0.15, 0.2) is 29.3 Å². The summed E-state index contributed by atoms with van der Waals surface area (Å²) in [6.45, 7) is 6.01. The molecule has 1 aromatic carbocycles. The van der Waals surface area contributed by atoms with Crippen LogP contribution < -0.4 is 10.1 Å². The molecule has 1 aliphatic rings. The summed E-state index contributed by atoms with van der Waals surface area (Å²) in [6.07, 6.45) is 4.41. The van der Waals surface area contributed by atoms with Crippen LogP contribution in [0, 0.1) is 0 Å². The number of likely N-dealkylation sites (tertiary alicyclic amines) is 1. The van der Waals surface area contributed by atoms with Crippen LogP contribution in [-0.4, -0.2) is 89.6 Å². The maximum atomic E-state index is 5.95. The van der Waals surface area contributed by atoms with Crippen LogP contribution in [0.2, 0.25) is 0 Å². The van der Waals surface area contributed by atoms with Gasteiger partial charge in [0.2, 0.25) is 0 Å². The molecule has 0 unspecified atom stereocenters. The number of piperidine rings is 1. The van der Waals surface area contributed by atoms with Crippen LogP contribution in [0.1, 0.15) is 31.2 Å². The van der Waals surface area contributed by atoms with E-state index in [0.717, 1.165) is 83.4 Å². The Morgan fingerprint density at radius 1 is 1.10 bits per heavy atom. The van der Waals surface area contributed by atoms with Gasteiger partial charge in [0.25, 0.3) is 0 Å². The van der Waals surface area contributed by atoms with Gasteiger partial charge in [-0.05, 0) is 57.5 Å². The molecule has 1 heterocycles. The quantitative estimate of drug-likeness (QED) is 0.188. The number of methoxy groups -OCH3 is 1. The van der Waals surface area contributed by atoms with Crippen molar-refractivity contribution in [2.45, 2.75) is 38.3 Å². The van der Waals surface area contributed by atoms with Crippen LogP contribution in [0.3, 0.4) is 0 Å². The molecule has 1 aliphatic heterocycles. The normalized spacial score (nSPS) is 15.1. The zero-order valence-electron chi connectivity index (χ0n) is 19.6. The van der Waals surface area contributed by atoms with Crippen molar-refractivity contribution in [3.63, 3.8) is 0 Å². The van der Waals surface area contributed by atoms with Crippen LogP contribution in [0.5, 0.6) is 5.75 Å². The first-order chi connectivity index (χ1) is 14.6. The van der Waals surface area contributed by atoms with Gasteiger partial charge in [0, 0.05) is 53.6 Å². The minimum absolute atomic E-state index is 0. The van der Waals surface area contributed by atoms with E-state index in [9.17, 15) is 0 Å². The van der Waals surface area contributed by atoms with Crippen LogP contribution in [0.4, 0.5) is 0 Å². The summed E-state index contributed by atoms with van der Waals surface area (Å²) in [4.78, 5) is 8.95. The highest BCUT2D eigenvalue weighted by Crippen LogP contribution is 2.15. The van der Waals surface area contributed by atoms with Gasteiger partial charge in [0.1, 0.15) is 5.75 Å². The number of nitrogens with zero attached hydrogens (tertiary/aromatic N) is 3. The van der Waals surface area contributed by atoms with E-state index in [1.165, 1.54) is 5.56 Å². The largest absolute Gasteiger partial charge is 0.494 e. The van der Waals surface area contributed by atoms with Gasteiger partial charge in [-0.1, -0.05) is 12.1 Å². The third-order valence-electron chi connectivity index (χ3n) is 5.19. The van der Waals surface area contributed by atoms with Gasteiger partial charge in [-0.15, -0.1) is 24.0 Å². The van der Waals surface area contributed by atoms with Crippen molar-refractivity contribution in [2.75, 3.05) is 67.7 Å². The highest BCUT2D eigenvalue weighted by molar-refractivity contribution is 14.0. The molecule has 2 rings (SSSR count). The lowest BCUT2D eigenvalue weighted by molar-refractivity contribution is 0.00989. The molecule has 178 valence electrons. The molecule has 7 nitrogen and oxygen atoms in total. The summed E-state index contributed by atoms with van der Waals surface area (Å²) in [7, 11) is 7.74. The molecular weight excluding hydrogens is 507 g/mol. The highest BCUT2D eigenvalue weighted by atomic mass is 127. The Kier molecular flexibility index (Phi) is 14.9. The maximum Gasteiger partial charge on any atom is 0.193 e. The Morgan fingerprint density at radius 2 is 1.81 bits per heavy atom. The van der Waals surface area contributed by atoms with E-state index in [-0.39, 0.29) is 24.0 Å². The second-order valence-corrected chi connectivity index (χ2v) is 7.95. The number of hydrogen-bond donors (Lipinski definition) is 1. The molecule has 0 amide bonds. The van der Waals surface area contributed by atoms with Crippen LogP contribution in [0.25, 0.3) is 0 Å². The minimum atomic E-state index is 0. The van der Waals surface area contributed by atoms with Crippen molar-refractivity contribution in [1.29, 1.82) is 0 Å². The molecule has 31 heavy (non-hydrogen) atoms. The number of ether oxygens (including phenoxy) is 3. The lowest BCUT2D eigenvalue weighted by Crippen LogP contribution is -2.46. The van der Waals surface area contributed by atoms with Crippen LogP contribution in [-0.2, 0) is 16.0 Å². The summed E-state index contributed by atoms with van der Waals surface area (Å²) in [5.74, 6) is 1.88. The van der Waals surface area contributed by atoms with E-state index in [1.807, 2.05) is 19.2 Å². The van der Waals surface area contributed by atoms with Gasteiger partial charge in [0.15, 0.2) is 5.96 Å². The molecule has 1 N–H and O–H groups in total. The molecule has 8 heteroatoms. The fourth-order valence-corrected chi connectivity index (χ4v) is 3.48. The van der Waals surface area contributed by atoms with E-state index in [0.29, 0.717) is 6.10 Å². The summed E-state index contributed by atoms with van der Waals surface area (Å²) < 4.78 is 16.8. The van der Waals surface area contributed by atoms with Crippen molar-refractivity contribution in [3.05, 3.63) is 29.8 Å². The molecule has 0 radical (unpaired) electrons. The fourth-order valence-electron chi connectivity index (χ4n) is 3.48. The number of nitrogens with one attached hydrogen (secondary N) is 1. The van der Waals surface area contributed by atoms with Crippen molar-refractivity contribution in [2.24, 2.45) is 4.99 Å². The molecule has 0 aliphatic carbocycles. The van der Waals surface area contributed by atoms with Gasteiger partial charge in [-0.2, -0.15) is 0 Å². The highest BCUT2D eigenvalue weighted by Gasteiger charge is 2.21. The van der Waals surface area contributed by atoms with Crippen molar-refractivity contribution in [1.82, 2.24) is 15.1 Å². The maximum absolute atomic E-state index is 5.95. The van der Waals surface area contributed by atoms with Crippen molar-refractivity contribution in [3.8, 4) is 5.75 Å². The van der Waals surface area contributed by atoms with Crippen LogP contribution >= 0.6 is 24.0 Å². The molecule has 0 aromatic heterocycles. The number of benzene rings is 1. The Bertz CT molecular complexity index is 605. The molecule has 0 bridgehead atoms. The molecular formula is C23H41IN4O3. The summed E-state index contributed by atoms with van der Waals surface area (Å²) >= 11 is 0. The number of halogens is 1. The predicted octanol–water partition coefficient (Wildman–Crippen LogP) is 3.23. The number of guanidine groups is 1. The average molecular weight is 549 g/mol. The van der Waals surface area contributed by atoms with Crippen molar-refractivity contribution < 1.29 is 14.2 Å². The van der Waals surface area contributed by atoms with Gasteiger partial charge in [0.05, 0.1) is 12.7 Å². The standard InChI is InChI=1S/C23H40N4O3.HI/c1-24-23(27-14-11-22(12-15-27)30-18-6-16-28-4)25-19-20-7-9-21(10-8-20)29-17-5-13-26(2)3;/h7-10,22H,5-6,11-19H2,1-4H3,(H,24,25);1H. The van der Waals surface area contributed by atoms with Gasteiger partial charge >= 0.3 is 0 Å². The summed E-state index contributed by atoms with van der Waals surface area (Å²) in [5.41, 5.74) is 1.22. The number of rotatable bonds is 12. The predicted molar refractivity (Wildman–Crippen MR) is 138 cm³/mol. The summed E-state index contributed by atoms with van der Waals surface area (Å²) in [5, 5.41) is 3.49. The molecule has 0 saturated carbocycles. The molecule has 1 aromatic rings. The Hall–Kier alpha value is -1.10. The SMILES string of the molecule is CN=C(NCc1ccc(OCCCN(C)C)cc1)N1CCC(OCCCOC)CC1.I. The third kappa shape index (κ3) is 11.4. The zero-order chi connectivity index (χ0) is 21.6. The average Bonchev–Trinajstić information content (AvgIpc) is 2.76. The van der Waals surface area contributed by atoms with E-state index in [1.54, 1.807) is 7.11 Å². The molecule has 1 fully saturated rings. The van der Waals surface area contributed by atoms with Crippen molar-refractivity contribution >= 4 is 29.9 Å². The Balaban J connectivity index is 0.00000480. The monoisotopic (exact) mass is 548 g/mol. The zero-order valence-corrected chi connectivity index (χ0v) is 22.0. The number of hydrogen-bond acceptors (Lipinski definition) is 5. The minimum Gasteiger partial charge on any atom is -0.494 e. The first-order valence-electron chi connectivity index (χ1n) is 11.0. The number of aliphatic imine (C=N–C) groups is 1. The lowest BCUT2D eigenvalue weighted by Gasteiger charge is -2.34. The van der Waals surface area contributed by atoms with E-state index < -0.39 is 0 Å². The van der Waals surface area contributed by atoms with Gasteiger partial charge in [-0.25, -0.2) is 0 Å². The first kappa shape index (κ1) is 27.9. The second kappa shape index (κ2) is 16.5.